The number of para-hydroxylation sites is 1. The van der Waals surface area contributed by atoms with E-state index in [-0.39, 0.29) is 18.6 Å². The van der Waals surface area contributed by atoms with Crippen LogP contribution >= 0.6 is 0 Å². The maximum atomic E-state index is 11.1. The molecule has 1 rings (SSSR count). The third kappa shape index (κ3) is 3.90. The van der Waals surface area contributed by atoms with E-state index in [4.69, 9.17) is 10.5 Å². The van der Waals surface area contributed by atoms with Gasteiger partial charge in [0.1, 0.15) is 5.75 Å². The lowest BCUT2D eigenvalue weighted by atomic mass is 10.1. The summed E-state index contributed by atoms with van der Waals surface area (Å²) in [6.45, 7) is 1.97. The lowest BCUT2D eigenvalue weighted by Crippen LogP contribution is -2.25. The van der Waals surface area contributed by atoms with Gasteiger partial charge in [-0.1, -0.05) is 18.2 Å². The average molecular weight is 222 g/mol. The number of rotatable bonds is 5. The highest BCUT2D eigenvalue weighted by molar-refractivity contribution is 5.77. The average Bonchev–Trinajstić information content (AvgIpc) is 2.26. The quantitative estimate of drug-likeness (QED) is 0.771. The minimum absolute atomic E-state index is 0.0342. The molecule has 0 aliphatic carbocycles. The van der Waals surface area contributed by atoms with Crippen molar-refractivity contribution in [3.8, 4) is 5.75 Å². The topological polar surface area (TPSA) is 64.3 Å². The summed E-state index contributed by atoms with van der Waals surface area (Å²) >= 11 is 0. The number of carbonyl (C=O) groups excluding carboxylic acids is 1. The number of likely N-dealkylation sites (N-methyl/N-ethyl adjacent to an activating group) is 1. The first-order valence-corrected chi connectivity index (χ1v) is 5.30. The first-order chi connectivity index (χ1) is 7.63. The number of hydrogen-bond donors (Lipinski definition) is 2. The Balaban J connectivity index is 2.67. The van der Waals surface area contributed by atoms with Gasteiger partial charge in [0.15, 0.2) is 6.61 Å². The molecule has 88 valence electrons. The number of carbonyl (C=O) groups is 1. The molecular formula is C12H18N2O2. The van der Waals surface area contributed by atoms with Gasteiger partial charge < -0.3 is 15.8 Å². The van der Waals surface area contributed by atoms with Crippen LogP contribution < -0.4 is 15.8 Å². The Bertz CT molecular complexity index is 351. The van der Waals surface area contributed by atoms with Gasteiger partial charge in [-0.2, -0.15) is 0 Å². The standard InChI is InChI=1S/C12H18N2O2/c1-9(13)7-10-5-3-4-6-11(10)16-8-12(15)14-2/h3-6,9H,7-8,13H2,1-2H3,(H,14,15). The Morgan fingerprint density at radius 2 is 2.19 bits per heavy atom. The summed E-state index contributed by atoms with van der Waals surface area (Å²) in [5, 5.41) is 2.51. The molecule has 16 heavy (non-hydrogen) atoms. The Labute approximate surface area is 95.8 Å². The molecule has 4 heteroatoms. The molecule has 0 heterocycles. The second-order valence-electron chi connectivity index (χ2n) is 3.75. The van der Waals surface area contributed by atoms with Crippen molar-refractivity contribution in [2.24, 2.45) is 5.73 Å². The van der Waals surface area contributed by atoms with E-state index in [2.05, 4.69) is 5.32 Å². The molecule has 1 aromatic rings. The maximum absolute atomic E-state index is 11.1. The summed E-state index contributed by atoms with van der Waals surface area (Å²) in [5.74, 6) is 0.582. The van der Waals surface area contributed by atoms with E-state index in [0.717, 1.165) is 17.7 Å². The molecule has 0 aliphatic rings. The molecule has 0 bridgehead atoms. The van der Waals surface area contributed by atoms with E-state index in [0.29, 0.717) is 0 Å². The van der Waals surface area contributed by atoms with Crippen LogP contribution in [0.25, 0.3) is 0 Å². The van der Waals surface area contributed by atoms with Crippen LogP contribution in [0.4, 0.5) is 0 Å². The van der Waals surface area contributed by atoms with Crippen LogP contribution in [0.2, 0.25) is 0 Å². The van der Waals surface area contributed by atoms with E-state index in [1.165, 1.54) is 0 Å². The normalized spacial score (nSPS) is 11.9. The van der Waals surface area contributed by atoms with Gasteiger partial charge in [0.05, 0.1) is 0 Å². The number of ether oxygens (including phenoxy) is 1. The summed E-state index contributed by atoms with van der Waals surface area (Å²) in [6.07, 6.45) is 0.740. The fourth-order valence-electron chi connectivity index (χ4n) is 1.38. The van der Waals surface area contributed by atoms with Crippen molar-refractivity contribution in [2.45, 2.75) is 19.4 Å². The smallest absolute Gasteiger partial charge is 0.257 e. The predicted octanol–water partition coefficient (Wildman–Crippen LogP) is 0.701. The highest BCUT2D eigenvalue weighted by atomic mass is 16.5. The summed E-state index contributed by atoms with van der Waals surface area (Å²) in [5.41, 5.74) is 6.77. The minimum atomic E-state index is -0.143. The zero-order chi connectivity index (χ0) is 12.0. The fourth-order valence-corrected chi connectivity index (χ4v) is 1.38. The predicted molar refractivity (Wildman–Crippen MR) is 63.4 cm³/mol. The van der Waals surface area contributed by atoms with Crippen LogP contribution in [-0.2, 0) is 11.2 Å². The molecule has 0 saturated heterocycles. The second-order valence-corrected chi connectivity index (χ2v) is 3.75. The molecule has 3 N–H and O–H groups in total. The van der Waals surface area contributed by atoms with Crippen molar-refractivity contribution in [3.63, 3.8) is 0 Å². The summed E-state index contributed by atoms with van der Waals surface area (Å²) in [4.78, 5) is 11.1. The lowest BCUT2D eigenvalue weighted by molar-refractivity contribution is -0.122. The molecular weight excluding hydrogens is 204 g/mol. The molecule has 0 aromatic heterocycles. The van der Waals surface area contributed by atoms with E-state index in [1.807, 2.05) is 31.2 Å². The first kappa shape index (κ1) is 12.5. The summed E-state index contributed by atoms with van der Waals surface area (Å²) < 4.78 is 5.42. The first-order valence-electron chi connectivity index (χ1n) is 5.30. The van der Waals surface area contributed by atoms with Gasteiger partial charge in [-0.3, -0.25) is 4.79 Å². The fraction of sp³-hybridized carbons (Fsp3) is 0.417. The van der Waals surface area contributed by atoms with Crippen LogP contribution in [0.1, 0.15) is 12.5 Å². The highest BCUT2D eigenvalue weighted by Crippen LogP contribution is 2.19. The monoisotopic (exact) mass is 222 g/mol. The van der Waals surface area contributed by atoms with Crippen molar-refractivity contribution in [1.29, 1.82) is 0 Å². The highest BCUT2D eigenvalue weighted by Gasteiger charge is 2.06. The van der Waals surface area contributed by atoms with Crippen molar-refractivity contribution in [1.82, 2.24) is 5.32 Å². The van der Waals surface area contributed by atoms with Crippen molar-refractivity contribution in [2.75, 3.05) is 13.7 Å². The van der Waals surface area contributed by atoms with Crippen LogP contribution in [0.5, 0.6) is 5.75 Å². The van der Waals surface area contributed by atoms with Crippen LogP contribution in [0.3, 0.4) is 0 Å². The SMILES string of the molecule is CNC(=O)COc1ccccc1CC(C)N. The summed E-state index contributed by atoms with van der Waals surface area (Å²) in [7, 11) is 1.58. The van der Waals surface area contributed by atoms with E-state index in [9.17, 15) is 4.79 Å². The molecule has 1 atom stereocenters. The van der Waals surface area contributed by atoms with Crippen LogP contribution in [0.15, 0.2) is 24.3 Å². The third-order valence-electron chi connectivity index (χ3n) is 2.15. The molecule has 0 radical (unpaired) electrons. The van der Waals surface area contributed by atoms with Crippen molar-refractivity contribution in [3.05, 3.63) is 29.8 Å². The number of amides is 1. The Hall–Kier alpha value is -1.55. The third-order valence-corrected chi connectivity index (χ3v) is 2.15. The van der Waals surface area contributed by atoms with Gasteiger partial charge in [0.2, 0.25) is 0 Å². The molecule has 1 unspecified atom stereocenters. The van der Waals surface area contributed by atoms with Gasteiger partial charge in [0, 0.05) is 13.1 Å². The van der Waals surface area contributed by atoms with Crippen molar-refractivity contribution < 1.29 is 9.53 Å². The number of benzene rings is 1. The summed E-state index contributed by atoms with van der Waals surface area (Å²) in [6, 6.07) is 7.70. The number of hydrogen-bond acceptors (Lipinski definition) is 3. The molecule has 4 nitrogen and oxygen atoms in total. The van der Waals surface area contributed by atoms with Gasteiger partial charge in [-0.05, 0) is 25.0 Å². The minimum Gasteiger partial charge on any atom is -0.483 e. The largest absolute Gasteiger partial charge is 0.483 e. The second kappa shape index (κ2) is 6.12. The van der Waals surface area contributed by atoms with E-state index >= 15 is 0 Å². The molecule has 1 amide bonds. The van der Waals surface area contributed by atoms with Gasteiger partial charge in [0.25, 0.3) is 5.91 Å². The van der Waals surface area contributed by atoms with E-state index in [1.54, 1.807) is 7.05 Å². The zero-order valence-electron chi connectivity index (χ0n) is 9.69. The molecule has 0 aliphatic heterocycles. The Kier molecular flexibility index (Phi) is 4.79. The molecule has 0 spiro atoms. The number of nitrogens with one attached hydrogen (secondary N) is 1. The van der Waals surface area contributed by atoms with Crippen LogP contribution in [-0.4, -0.2) is 25.6 Å². The van der Waals surface area contributed by atoms with Gasteiger partial charge >= 0.3 is 0 Å². The van der Waals surface area contributed by atoms with E-state index < -0.39 is 0 Å². The van der Waals surface area contributed by atoms with Crippen molar-refractivity contribution >= 4 is 5.91 Å². The van der Waals surface area contributed by atoms with Crippen LogP contribution in [0, 0.1) is 0 Å². The Morgan fingerprint density at radius 1 is 1.50 bits per heavy atom. The molecule has 1 aromatic carbocycles. The van der Waals surface area contributed by atoms with Gasteiger partial charge in [-0.15, -0.1) is 0 Å². The Morgan fingerprint density at radius 3 is 2.81 bits per heavy atom. The molecule has 0 saturated carbocycles. The zero-order valence-corrected chi connectivity index (χ0v) is 9.69. The lowest BCUT2D eigenvalue weighted by Gasteiger charge is -2.12. The number of nitrogens with two attached hydrogens (primary N) is 1. The van der Waals surface area contributed by atoms with Gasteiger partial charge in [-0.25, -0.2) is 0 Å². The maximum Gasteiger partial charge on any atom is 0.257 e. The molecule has 0 fully saturated rings.